The zero-order chi connectivity index (χ0) is 24.2. The molecule has 0 saturated carbocycles. The fourth-order valence-electron chi connectivity index (χ4n) is 3.47. The maximum Gasteiger partial charge on any atom is 0.338 e. The molecule has 0 saturated heterocycles. The Balaban J connectivity index is 1.41. The molecule has 0 atom stereocenters. The number of nitro benzene ring substituents is 1. The van der Waals surface area contributed by atoms with Crippen molar-refractivity contribution in [3.05, 3.63) is 105 Å². The average molecular weight is 459 g/mol. The Morgan fingerprint density at radius 1 is 0.912 bits per heavy atom. The molecule has 1 heterocycles. The standard InChI is InChI=1S/C24H17N3O7/c28-21(25-19-8-4-5-9-20(19)27(32)33)14-34-24(31)16-10-11-17-18(12-16)23(30)26(22(17)29)13-15-6-2-1-3-7-15/h1-12H,13-14H2,(H,25,28). The highest BCUT2D eigenvalue weighted by Crippen LogP contribution is 2.26. The number of fused-ring (bicyclic) bond motifs is 1. The number of ether oxygens (including phenoxy) is 1. The van der Waals surface area contributed by atoms with Crippen LogP contribution in [0.25, 0.3) is 0 Å². The molecule has 0 fully saturated rings. The topological polar surface area (TPSA) is 136 Å². The molecule has 3 amide bonds. The Bertz CT molecular complexity index is 1320. The number of carbonyl (C=O) groups excluding carboxylic acids is 4. The second-order valence-corrected chi connectivity index (χ2v) is 7.34. The molecule has 0 aromatic heterocycles. The third kappa shape index (κ3) is 4.51. The summed E-state index contributed by atoms with van der Waals surface area (Å²) in [5.41, 5.74) is 0.672. The molecular formula is C24H17N3O7. The summed E-state index contributed by atoms with van der Waals surface area (Å²) in [6, 6.07) is 18.5. The number of benzene rings is 3. The van der Waals surface area contributed by atoms with Crippen molar-refractivity contribution in [1.29, 1.82) is 0 Å². The number of carbonyl (C=O) groups is 4. The second kappa shape index (κ2) is 9.33. The first-order chi connectivity index (χ1) is 16.3. The first kappa shape index (κ1) is 22.3. The van der Waals surface area contributed by atoms with Gasteiger partial charge in [-0.1, -0.05) is 42.5 Å². The van der Waals surface area contributed by atoms with Crippen LogP contribution in [0.15, 0.2) is 72.8 Å². The van der Waals surface area contributed by atoms with Crippen LogP contribution in [0.4, 0.5) is 11.4 Å². The van der Waals surface area contributed by atoms with Gasteiger partial charge in [0, 0.05) is 6.07 Å². The van der Waals surface area contributed by atoms with Crippen molar-refractivity contribution in [2.75, 3.05) is 11.9 Å². The van der Waals surface area contributed by atoms with Crippen LogP contribution in [-0.4, -0.2) is 40.1 Å². The normalized spacial score (nSPS) is 12.3. The largest absolute Gasteiger partial charge is 0.452 e. The Hall–Kier alpha value is -4.86. The number of nitrogens with zero attached hydrogens (tertiary/aromatic N) is 2. The van der Waals surface area contributed by atoms with Crippen molar-refractivity contribution in [3.63, 3.8) is 0 Å². The molecule has 0 bridgehead atoms. The minimum Gasteiger partial charge on any atom is -0.452 e. The van der Waals surface area contributed by atoms with Crippen LogP contribution in [0.2, 0.25) is 0 Å². The molecule has 1 aliphatic rings. The summed E-state index contributed by atoms with van der Waals surface area (Å²) in [6.07, 6.45) is 0. The van der Waals surface area contributed by atoms with Crippen LogP contribution in [0, 0.1) is 10.1 Å². The van der Waals surface area contributed by atoms with E-state index in [9.17, 15) is 29.3 Å². The van der Waals surface area contributed by atoms with Gasteiger partial charge in [0.1, 0.15) is 5.69 Å². The first-order valence-corrected chi connectivity index (χ1v) is 10.1. The molecule has 4 rings (SSSR count). The minimum atomic E-state index is -0.887. The highest BCUT2D eigenvalue weighted by Gasteiger charge is 2.36. The summed E-state index contributed by atoms with van der Waals surface area (Å²) in [5.74, 6) is -2.66. The van der Waals surface area contributed by atoms with Gasteiger partial charge < -0.3 is 10.1 Å². The van der Waals surface area contributed by atoms with E-state index in [4.69, 9.17) is 4.74 Å². The van der Waals surface area contributed by atoms with Gasteiger partial charge in [0.25, 0.3) is 23.4 Å². The zero-order valence-electron chi connectivity index (χ0n) is 17.6. The summed E-state index contributed by atoms with van der Waals surface area (Å²) in [5, 5.41) is 13.4. The molecule has 10 nitrogen and oxygen atoms in total. The van der Waals surface area contributed by atoms with E-state index in [1.165, 1.54) is 42.5 Å². The fraction of sp³-hybridized carbons (Fsp3) is 0.0833. The summed E-state index contributed by atoms with van der Waals surface area (Å²) in [4.78, 5) is 61.4. The van der Waals surface area contributed by atoms with Crippen molar-refractivity contribution < 1.29 is 28.8 Å². The zero-order valence-corrected chi connectivity index (χ0v) is 17.6. The third-order valence-electron chi connectivity index (χ3n) is 5.10. The van der Waals surface area contributed by atoms with Gasteiger partial charge in [-0.2, -0.15) is 0 Å². The van der Waals surface area contributed by atoms with Crippen LogP contribution in [0.1, 0.15) is 36.6 Å². The van der Waals surface area contributed by atoms with Crippen LogP contribution in [-0.2, 0) is 16.1 Å². The average Bonchev–Trinajstić information content (AvgIpc) is 3.07. The van der Waals surface area contributed by atoms with E-state index < -0.39 is 35.2 Å². The predicted octanol–water partition coefficient (Wildman–Crippen LogP) is 3.19. The lowest BCUT2D eigenvalue weighted by Gasteiger charge is -2.13. The van der Waals surface area contributed by atoms with Gasteiger partial charge in [-0.15, -0.1) is 0 Å². The molecule has 0 spiro atoms. The van der Waals surface area contributed by atoms with Gasteiger partial charge in [-0.05, 0) is 29.8 Å². The number of nitro groups is 1. The monoisotopic (exact) mass is 459 g/mol. The summed E-state index contributed by atoms with van der Waals surface area (Å²) in [6.45, 7) is -0.603. The summed E-state index contributed by atoms with van der Waals surface area (Å²) >= 11 is 0. The van der Waals surface area contributed by atoms with E-state index in [0.717, 1.165) is 10.5 Å². The Morgan fingerprint density at radius 2 is 1.59 bits per heavy atom. The second-order valence-electron chi connectivity index (χ2n) is 7.34. The molecule has 1 aliphatic heterocycles. The summed E-state index contributed by atoms with van der Waals surface area (Å²) in [7, 11) is 0. The Kier molecular flexibility index (Phi) is 6.13. The van der Waals surface area contributed by atoms with Gasteiger partial charge in [-0.3, -0.25) is 29.4 Å². The number of esters is 1. The smallest absolute Gasteiger partial charge is 0.338 e. The van der Waals surface area contributed by atoms with Crippen molar-refractivity contribution >= 4 is 35.1 Å². The van der Waals surface area contributed by atoms with E-state index in [1.54, 1.807) is 24.3 Å². The lowest BCUT2D eigenvalue weighted by Crippen LogP contribution is -2.29. The van der Waals surface area contributed by atoms with Crippen LogP contribution in [0.3, 0.4) is 0 Å². The molecule has 34 heavy (non-hydrogen) atoms. The van der Waals surface area contributed by atoms with Crippen molar-refractivity contribution in [1.82, 2.24) is 4.90 Å². The van der Waals surface area contributed by atoms with Crippen molar-refractivity contribution in [2.45, 2.75) is 6.54 Å². The number of anilines is 1. The SMILES string of the molecule is O=C(COC(=O)c1ccc2c(c1)C(=O)N(Cc1ccccc1)C2=O)Nc1ccccc1[N+](=O)[O-]. The highest BCUT2D eigenvalue weighted by atomic mass is 16.6. The molecule has 1 N–H and O–H groups in total. The van der Waals surface area contributed by atoms with Crippen LogP contribution >= 0.6 is 0 Å². The Labute approximate surface area is 192 Å². The molecular weight excluding hydrogens is 442 g/mol. The van der Waals surface area contributed by atoms with Gasteiger partial charge in [0.2, 0.25) is 0 Å². The number of hydrogen-bond acceptors (Lipinski definition) is 7. The van der Waals surface area contributed by atoms with Crippen molar-refractivity contribution in [3.8, 4) is 0 Å². The maximum atomic E-state index is 12.8. The van der Waals surface area contributed by atoms with Crippen molar-refractivity contribution in [2.24, 2.45) is 0 Å². The van der Waals surface area contributed by atoms with E-state index in [2.05, 4.69) is 5.32 Å². The van der Waals surface area contributed by atoms with E-state index in [0.29, 0.717) is 0 Å². The molecule has 3 aromatic rings. The molecule has 0 aliphatic carbocycles. The number of amides is 3. The predicted molar refractivity (Wildman–Crippen MR) is 119 cm³/mol. The quantitative estimate of drug-likeness (QED) is 0.248. The molecule has 3 aromatic carbocycles. The maximum absolute atomic E-state index is 12.8. The third-order valence-corrected chi connectivity index (χ3v) is 5.10. The number of hydrogen-bond donors (Lipinski definition) is 1. The highest BCUT2D eigenvalue weighted by molar-refractivity contribution is 6.21. The number of imide groups is 1. The number of para-hydroxylation sites is 2. The molecule has 0 radical (unpaired) electrons. The fourth-order valence-corrected chi connectivity index (χ4v) is 3.47. The van der Waals surface area contributed by atoms with Crippen LogP contribution in [0.5, 0.6) is 0 Å². The molecule has 10 heteroatoms. The first-order valence-electron chi connectivity index (χ1n) is 10.1. The van der Waals surface area contributed by atoms with Crippen LogP contribution < -0.4 is 5.32 Å². The lowest BCUT2D eigenvalue weighted by molar-refractivity contribution is -0.383. The van der Waals surface area contributed by atoms with E-state index >= 15 is 0 Å². The van der Waals surface area contributed by atoms with Gasteiger partial charge >= 0.3 is 5.97 Å². The lowest BCUT2D eigenvalue weighted by atomic mass is 10.1. The summed E-state index contributed by atoms with van der Waals surface area (Å²) < 4.78 is 4.98. The van der Waals surface area contributed by atoms with E-state index in [-0.39, 0.29) is 34.6 Å². The minimum absolute atomic E-state index is 0.0139. The molecule has 0 unspecified atom stereocenters. The Morgan fingerprint density at radius 3 is 2.32 bits per heavy atom. The number of rotatable bonds is 7. The van der Waals surface area contributed by atoms with Gasteiger partial charge in [0.05, 0.1) is 28.2 Å². The van der Waals surface area contributed by atoms with E-state index in [1.807, 2.05) is 6.07 Å². The molecule has 170 valence electrons. The number of nitrogens with one attached hydrogen (secondary N) is 1. The van der Waals surface area contributed by atoms with Gasteiger partial charge in [0.15, 0.2) is 6.61 Å². The van der Waals surface area contributed by atoms with Gasteiger partial charge in [-0.25, -0.2) is 4.79 Å².